The number of halogens is 1. The van der Waals surface area contributed by atoms with Gasteiger partial charge in [0.25, 0.3) is 0 Å². The number of benzene rings is 1. The molecule has 0 bridgehead atoms. The summed E-state index contributed by atoms with van der Waals surface area (Å²) in [5.74, 6) is 0.425. The maximum Gasteiger partial charge on any atom is 0.226 e. The Labute approximate surface area is 197 Å². The quantitative estimate of drug-likeness (QED) is 0.241. The minimum atomic E-state index is -1.26. The molecule has 5 atom stereocenters. The number of nitrogens with zero attached hydrogens (tertiary/aromatic N) is 5. The third-order valence-electron chi connectivity index (χ3n) is 5.42. The zero-order valence-electron chi connectivity index (χ0n) is 17.5. The Balaban J connectivity index is 1.34. The van der Waals surface area contributed by atoms with Crippen LogP contribution in [0.4, 0.5) is 10.9 Å². The second-order valence-corrected chi connectivity index (χ2v) is 9.18. The number of hydrogen-bond acceptors (Lipinski definition) is 11. The van der Waals surface area contributed by atoms with Crippen molar-refractivity contribution in [2.24, 2.45) is 0 Å². The lowest BCUT2D eigenvalue weighted by Gasteiger charge is -2.17. The van der Waals surface area contributed by atoms with E-state index in [1.54, 1.807) is 11.3 Å². The van der Waals surface area contributed by atoms with E-state index in [1.165, 1.54) is 10.9 Å². The Morgan fingerprint density at radius 2 is 2.03 bits per heavy atom. The molecule has 0 spiro atoms. The van der Waals surface area contributed by atoms with Crippen LogP contribution in [0.5, 0.6) is 0 Å². The van der Waals surface area contributed by atoms with Gasteiger partial charge in [0.2, 0.25) is 5.28 Å². The summed E-state index contributed by atoms with van der Waals surface area (Å²) in [7, 11) is 0. The smallest absolute Gasteiger partial charge is 0.226 e. The molecule has 13 heteroatoms. The van der Waals surface area contributed by atoms with E-state index in [-0.39, 0.29) is 11.3 Å². The van der Waals surface area contributed by atoms with E-state index in [2.05, 4.69) is 30.6 Å². The number of anilines is 2. The number of fused-ring (bicyclic) bond motifs is 2. The fourth-order valence-electron chi connectivity index (χ4n) is 3.76. The fourth-order valence-corrected chi connectivity index (χ4v) is 4.80. The van der Waals surface area contributed by atoms with Crippen LogP contribution in [0.15, 0.2) is 30.6 Å². The van der Waals surface area contributed by atoms with Gasteiger partial charge in [-0.15, -0.1) is 0 Å². The number of para-hydroxylation sites is 1. The average molecular weight is 492 g/mol. The molecule has 3 aromatic heterocycles. The van der Waals surface area contributed by atoms with Gasteiger partial charge in [-0.3, -0.25) is 4.57 Å². The number of aliphatic hydroxyl groups excluding tert-OH is 3. The molecule has 0 amide bonds. The molecule has 11 nitrogen and oxygen atoms in total. The van der Waals surface area contributed by atoms with Gasteiger partial charge in [-0.1, -0.05) is 23.5 Å². The summed E-state index contributed by atoms with van der Waals surface area (Å²) < 4.78 is 8.18. The lowest BCUT2D eigenvalue weighted by atomic mass is 10.1. The number of aromatic nitrogens is 5. The highest BCUT2D eigenvalue weighted by Crippen LogP contribution is 2.33. The van der Waals surface area contributed by atoms with Crippen molar-refractivity contribution >= 4 is 55.3 Å². The molecule has 1 saturated heterocycles. The molecule has 0 saturated carbocycles. The molecule has 0 unspecified atom stereocenters. The number of rotatable bonds is 7. The fraction of sp³-hybridized carbons (Fsp3) is 0.400. The first-order valence-electron chi connectivity index (χ1n) is 10.3. The molecule has 174 valence electrons. The van der Waals surface area contributed by atoms with Crippen LogP contribution in [0.2, 0.25) is 5.28 Å². The Morgan fingerprint density at radius 3 is 2.79 bits per heavy atom. The molecule has 5 rings (SSSR count). The van der Waals surface area contributed by atoms with Crippen molar-refractivity contribution in [1.29, 1.82) is 0 Å². The topological polar surface area (TPSA) is 150 Å². The molecular weight excluding hydrogens is 470 g/mol. The average Bonchev–Trinajstić information content (AvgIpc) is 3.48. The van der Waals surface area contributed by atoms with Crippen LogP contribution < -0.4 is 10.6 Å². The minimum absolute atomic E-state index is 0.00942. The molecule has 1 aromatic carbocycles. The van der Waals surface area contributed by atoms with Crippen molar-refractivity contribution in [3.63, 3.8) is 0 Å². The van der Waals surface area contributed by atoms with Crippen molar-refractivity contribution in [3.8, 4) is 0 Å². The van der Waals surface area contributed by atoms with Crippen molar-refractivity contribution in [1.82, 2.24) is 24.5 Å². The summed E-state index contributed by atoms with van der Waals surface area (Å²) in [5, 5.41) is 37.2. The Morgan fingerprint density at radius 1 is 1.21 bits per heavy atom. The molecule has 1 aliphatic rings. The summed E-state index contributed by atoms with van der Waals surface area (Å²) in [6.07, 6.45) is -2.95. The molecule has 4 heterocycles. The molecular formula is C20H22ClN7O4S. The zero-order chi connectivity index (χ0) is 23.1. The minimum Gasteiger partial charge on any atom is -0.394 e. The Bertz CT molecular complexity index is 1250. The van der Waals surface area contributed by atoms with Gasteiger partial charge in [0, 0.05) is 12.6 Å². The summed E-state index contributed by atoms with van der Waals surface area (Å²) >= 11 is 7.74. The molecule has 5 N–H and O–H groups in total. The number of imidazole rings is 1. The van der Waals surface area contributed by atoms with E-state index in [1.807, 2.05) is 31.2 Å². The molecule has 0 aliphatic carbocycles. The van der Waals surface area contributed by atoms with Gasteiger partial charge in [0.15, 0.2) is 28.3 Å². The predicted octanol–water partition coefficient (Wildman–Crippen LogP) is 1.61. The normalized spacial score (nSPS) is 23.9. The lowest BCUT2D eigenvalue weighted by Crippen LogP contribution is -2.33. The van der Waals surface area contributed by atoms with Crippen LogP contribution >= 0.6 is 22.9 Å². The van der Waals surface area contributed by atoms with Crippen molar-refractivity contribution < 1.29 is 20.1 Å². The first-order valence-corrected chi connectivity index (χ1v) is 11.5. The second-order valence-electron chi connectivity index (χ2n) is 7.81. The predicted molar refractivity (Wildman–Crippen MR) is 125 cm³/mol. The number of hydrogen-bond donors (Lipinski definition) is 5. The van der Waals surface area contributed by atoms with E-state index in [0.29, 0.717) is 23.5 Å². The molecule has 1 fully saturated rings. The van der Waals surface area contributed by atoms with Crippen LogP contribution in [0.3, 0.4) is 0 Å². The monoisotopic (exact) mass is 491 g/mol. The summed E-state index contributed by atoms with van der Waals surface area (Å²) in [5.41, 5.74) is 1.72. The number of ether oxygens (including phenoxy) is 1. The Kier molecular flexibility index (Phi) is 6.03. The van der Waals surface area contributed by atoms with Crippen molar-refractivity contribution in [2.45, 2.75) is 37.5 Å². The van der Waals surface area contributed by atoms with Gasteiger partial charge in [-0.2, -0.15) is 9.97 Å². The van der Waals surface area contributed by atoms with E-state index >= 15 is 0 Å². The molecule has 33 heavy (non-hydrogen) atoms. The molecule has 0 radical (unpaired) electrons. The third kappa shape index (κ3) is 4.21. The van der Waals surface area contributed by atoms with Crippen LogP contribution in [-0.4, -0.2) is 77.3 Å². The van der Waals surface area contributed by atoms with Gasteiger partial charge in [0.05, 0.1) is 23.2 Å². The van der Waals surface area contributed by atoms with Crippen molar-refractivity contribution in [3.05, 3.63) is 35.9 Å². The van der Waals surface area contributed by atoms with Gasteiger partial charge >= 0.3 is 0 Å². The highest BCUT2D eigenvalue weighted by atomic mass is 35.5. The van der Waals surface area contributed by atoms with Crippen LogP contribution in [-0.2, 0) is 4.74 Å². The first-order chi connectivity index (χ1) is 15.9. The van der Waals surface area contributed by atoms with E-state index < -0.39 is 31.1 Å². The lowest BCUT2D eigenvalue weighted by molar-refractivity contribution is -0.0511. The highest BCUT2D eigenvalue weighted by molar-refractivity contribution is 7.22. The van der Waals surface area contributed by atoms with Gasteiger partial charge in [0.1, 0.15) is 18.3 Å². The first kappa shape index (κ1) is 22.2. The largest absolute Gasteiger partial charge is 0.394 e. The summed E-state index contributed by atoms with van der Waals surface area (Å²) in [4.78, 5) is 17.4. The SMILES string of the molecule is C[C@H](CNc1nc2ccccc2s1)Nc1nc(Cl)nc2c1ncn2[C@@H]1O[C@H](CO)[C@@H](O)[C@H]1O. The summed E-state index contributed by atoms with van der Waals surface area (Å²) in [6, 6.07) is 7.88. The van der Waals surface area contributed by atoms with Crippen LogP contribution in [0.1, 0.15) is 13.2 Å². The van der Waals surface area contributed by atoms with Gasteiger partial charge < -0.3 is 30.7 Å². The molecule has 4 aromatic rings. The van der Waals surface area contributed by atoms with Crippen molar-refractivity contribution in [2.75, 3.05) is 23.8 Å². The van der Waals surface area contributed by atoms with Crippen LogP contribution in [0, 0.1) is 0 Å². The number of thiazole rings is 1. The van der Waals surface area contributed by atoms with E-state index in [4.69, 9.17) is 16.3 Å². The van der Waals surface area contributed by atoms with Crippen LogP contribution in [0.25, 0.3) is 21.4 Å². The number of nitrogens with one attached hydrogen (secondary N) is 2. The van der Waals surface area contributed by atoms with E-state index in [9.17, 15) is 15.3 Å². The Hall–Kier alpha value is -2.61. The van der Waals surface area contributed by atoms with E-state index in [0.717, 1.165) is 15.3 Å². The zero-order valence-corrected chi connectivity index (χ0v) is 19.0. The standard InChI is InChI=1S/C20H22ClN7O4S/c1-9(6-22-20-25-10-4-2-3-5-12(10)33-20)24-16-13-17(27-19(21)26-16)28(8-23-13)18-15(31)14(30)11(7-29)32-18/h2-5,8-9,11,14-15,18,29-31H,6-7H2,1H3,(H,22,25)(H,24,26,27)/t9-,11-,14-,15-,18-/m1/s1. The summed E-state index contributed by atoms with van der Waals surface area (Å²) in [6.45, 7) is 2.12. The van der Waals surface area contributed by atoms with Gasteiger partial charge in [-0.05, 0) is 30.7 Å². The highest BCUT2D eigenvalue weighted by Gasteiger charge is 2.44. The number of aliphatic hydroxyl groups is 3. The second kappa shape index (κ2) is 8.97. The molecule has 1 aliphatic heterocycles. The third-order valence-corrected chi connectivity index (χ3v) is 6.59. The van der Waals surface area contributed by atoms with Gasteiger partial charge in [-0.25, -0.2) is 9.97 Å². The maximum atomic E-state index is 10.4. The maximum absolute atomic E-state index is 10.4.